The highest BCUT2D eigenvalue weighted by Gasteiger charge is 2.22. The van der Waals surface area contributed by atoms with E-state index < -0.39 is 0 Å². The summed E-state index contributed by atoms with van der Waals surface area (Å²) in [6.45, 7) is 7.56. The standard InChI is InChI=1S/C10H15N5O/c1-5-7(11)14-15-8(5)13-12-6(9(15)16)10(2,3)4/h14H,11H2,1-4H3. The Balaban J connectivity index is 2.86. The van der Waals surface area contributed by atoms with Crippen LogP contribution in [0.1, 0.15) is 32.0 Å². The minimum absolute atomic E-state index is 0.197. The summed E-state index contributed by atoms with van der Waals surface area (Å²) in [5.41, 5.74) is 6.81. The van der Waals surface area contributed by atoms with Gasteiger partial charge in [-0.2, -0.15) is 4.52 Å². The molecule has 0 saturated heterocycles. The van der Waals surface area contributed by atoms with Gasteiger partial charge in [0.25, 0.3) is 5.56 Å². The first kappa shape index (κ1) is 10.7. The van der Waals surface area contributed by atoms with E-state index in [1.54, 1.807) is 6.92 Å². The third-order valence-corrected chi connectivity index (χ3v) is 2.54. The highest BCUT2D eigenvalue weighted by molar-refractivity contribution is 5.57. The Hall–Kier alpha value is -1.85. The first-order chi connectivity index (χ1) is 7.32. The van der Waals surface area contributed by atoms with Crippen LogP contribution in [-0.2, 0) is 5.41 Å². The molecule has 0 aliphatic carbocycles. The number of nitrogens with two attached hydrogens (primary N) is 1. The summed E-state index contributed by atoms with van der Waals surface area (Å²) in [5, 5.41) is 10.8. The van der Waals surface area contributed by atoms with Crippen LogP contribution in [0.25, 0.3) is 5.65 Å². The maximum absolute atomic E-state index is 12.1. The Morgan fingerprint density at radius 1 is 1.31 bits per heavy atom. The quantitative estimate of drug-likeness (QED) is 0.682. The lowest BCUT2D eigenvalue weighted by atomic mass is 9.93. The fraction of sp³-hybridized carbons (Fsp3) is 0.500. The SMILES string of the molecule is Cc1c(N)[nH]n2c(=O)c(C(C)(C)C)nnc12. The molecule has 2 rings (SSSR count). The lowest BCUT2D eigenvalue weighted by Crippen LogP contribution is -2.30. The summed E-state index contributed by atoms with van der Waals surface area (Å²) in [4.78, 5) is 12.1. The van der Waals surface area contributed by atoms with Gasteiger partial charge >= 0.3 is 0 Å². The van der Waals surface area contributed by atoms with Gasteiger partial charge < -0.3 is 5.73 Å². The van der Waals surface area contributed by atoms with Crippen LogP contribution in [0.3, 0.4) is 0 Å². The first-order valence-electron chi connectivity index (χ1n) is 5.06. The maximum atomic E-state index is 12.1. The monoisotopic (exact) mass is 221 g/mol. The zero-order valence-electron chi connectivity index (χ0n) is 9.83. The van der Waals surface area contributed by atoms with Crippen molar-refractivity contribution in [3.8, 4) is 0 Å². The van der Waals surface area contributed by atoms with Crippen molar-refractivity contribution in [3.63, 3.8) is 0 Å². The molecule has 2 aromatic rings. The molecule has 86 valence electrons. The molecular weight excluding hydrogens is 206 g/mol. The number of aromatic nitrogens is 4. The number of rotatable bonds is 0. The third kappa shape index (κ3) is 1.37. The lowest BCUT2D eigenvalue weighted by Gasteiger charge is -2.15. The summed E-state index contributed by atoms with van der Waals surface area (Å²) < 4.78 is 1.35. The summed E-state index contributed by atoms with van der Waals surface area (Å²) in [6.07, 6.45) is 0. The van der Waals surface area contributed by atoms with Gasteiger partial charge in [-0.15, -0.1) is 10.2 Å². The molecule has 0 radical (unpaired) electrons. The molecule has 0 aromatic carbocycles. The molecule has 6 nitrogen and oxygen atoms in total. The van der Waals surface area contributed by atoms with E-state index in [1.165, 1.54) is 4.52 Å². The Kier molecular flexibility index (Phi) is 2.04. The number of H-pyrrole nitrogens is 1. The van der Waals surface area contributed by atoms with Gasteiger partial charge in [-0.05, 0) is 6.92 Å². The molecule has 6 heteroatoms. The third-order valence-electron chi connectivity index (χ3n) is 2.54. The van der Waals surface area contributed by atoms with E-state index in [0.717, 1.165) is 5.56 Å². The van der Waals surface area contributed by atoms with E-state index in [1.807, 2.05) is 20.8 Å². The smallest absolute Gasteiger partial charge is 0.295 e. The zero-order chi connectivity index (χ0) is 12.1. The molecule has 0 unspecified atom stereocenters. The molecule has 0 spiro atoms. The highest BCUT2D eigenvalue weighted by atomic mass is 16.1. The number of anilines is 1. The minimum Gasteiger partial charge on any atom is -0.384 e. The summed E-state index contributed by atoms with van der Waals surface area (Å²) in [5.74, 6) is 0.442. The molecule has 0 aliphatic rings. The molecule has 0 atom stereocenters. The van der Waals surface area contributed by atoms with Crippen molar-refractivity contribution < 1.29 is 0 Å². The summed E-state index contributed by atoms with van der Waals surface area (Å²) in [6, 6.07) is 0. The predicted octanol–water partition coefficient (Wildman–Crippen LogP) is 0.606. The van der Waals surface area contributed by atoms with Crippen molar-refractivity contribution >= 4 is 11.5 Å². The van der Waals surface area contributed by atoms with Crippen LogP contribution < -0.4 is 11.3 Å². The van der Waals surface area contributed by atoms with Crippen molar-refractivity contribution in [1.82, 2.24) is 19.8 Å². The molecule has 3 N–H and O–H groups in total. The van der Waals surface area contributed by atoms with Crippen LogP contribution >= 0.6 is 0 Å². The van der Waals surface area contributed by atoms with Crippen molar-refractivity contribution in [2.24, 2.45) is 0 Å². The van der Waals surface area contributed by atoms with Gasteiger partial charge in [-0.25, -0.2) is 0 Å². The van der Waals surface area contributed by atoms with Crippen molar-refractivity contribution in [1.29, 1.82) is 0 Å². The van der Waals surface area contributed by atoms with Gasteiger partial charge in [0.2, 0.25) is 0 Å². The Morgan fingerprint density at radius 2 is 1.94 bits per heavy atom. The fourth-order valence-electron chi connectivity index (χ4n) is 1.53. The molecular formula is C10H15N5O. The van der Waals surface area contributed by atoms with E-state index in [4.69, 9.17) is 5.73 Å². The molecule has 0 saturated carbocycles. The Morgan fingerprint density at radius 3 is 2.50 bits per heavy atom. The van der Waals surface area contributed by atoms with Crippen LogP contribution in [0.4, 0.5) is 5.82 Å². The lowest BCUT2D eigenvalue weighted by molar-refractivity contribution is 0.542. The van der Waals surface area contributed by atoms with E-state index in [-0.39, 0.29) is 11.0 Å². The Labute approximate surface area is 92.5 Å². The fourth-order valence-corrected chi connectivity index (χ4v) is 1.53. The van der Waals surface area contributed by atoms with Crippen molar-refractivity contribution in [2.75, 3.05) is 5.73 Å². The van der Waals surface area contributed by atoms with Crippen LogP contribution in [0, 0.1) is 6.92 Å². The van der Waals surface area contributed by atoms with Gasteiger partial charge in [0.1, 0.15) is 11.5 Å². The van der Waals surface area contributed by atoms with E-state index in [0.29, 0.717) is 17.2 Å². The number of aryl methyl sites for hydroxylation is 1. The van der Waals surface area contributed by atoms with Crippen LogP contribution in [0.5, 0.6) is 0 Å². The largest absolute Gasteiger partial charge is 0.384 e. The van der Waals surface area contributed by atoms with E-state index in [2.05, 4.69) is 15.3 Å². The maximum Gasteiger partial charge on any atom is 0.295 e. The molecule has 2 heterocycles. The van der Waals surface area contributed by atoms with E-state index >= 15 is 0 Å². The van der Waals surface area contributed by atoms with Crippen LogP contribution in [-0.4, -0.2) is 19.8 Å². The van der Waals surface area contributed by atoms with Gasteiger partial charge in [-0.1, -0.05) is 20.8 Å². The van der Waals surface area contributed by atoms with Gasteiger partial charge in [0, 0.05) is 11.0 Å². The van der Waals surface area contributed by atoms with E-state index in [9.17, 15) is 4.79 Å². The second-order valence-electron chi connectivity index (χ2n) is 4.91. The summed E-state index contributed by atoms with van der Waals surface area (Å²) >= 11 is 0. The second kappa shape index (κ2) is 3.07. The zero-order valence-corrected chi connectivity index (χ0v) is 9.83. The average Bonchev–Trinajstić information content (AvgIpc) is 2.44. The van der Waals surface area contributed by atoms with Crippen molar-refractivity contribution in [3.05, 3.63) is 21.6 Å². The minimum atomic E-state index is -0.334. The topological polar surface area (TPSA) is 89.1 Å². The first-order valence-corrected chi connectivity index (χ1v) is 5.06. The average molecular weight is 221 g/mol. The van der Waals surface area contributed by atoms with Crippen LogP contribution in [0.15, 0.2) is 4.79 Å². The number of nitrogen functional groups attached to an aromatic ring is 1. The van der Waals surface area contributed by atoms with Crippen molar-refractivity contribution in [2.45, 2.75) is 33.1 Å². The van der Waals surface area contributed by atoms with Crippen LogP contribution in [0.2, 0.25) is 0 Å². The van der Waals surface area contributed by atoms with Gasteiger partial charge in [0.05, 0.1) is 0 Å². The molecule has 2 aromatic heterocycles. The molecule has 0 fully saturated rings. The number of aromatic amines is 1. The predicted molar refractivity (Wildman–Crippen MR) is 61.5 cm³/mol. The molecule has 0 bridgehead atoms. The highest BCUT2D eigenvalue weighted by Crippen LogP contribution is 2.17. The number of fused-ring (bicyclic) bond motifs is 1. The number of nitrogens with zero attached hydrogens (tertiary/aromatic N) is 3. The molecule has 0 amide bonds. The normalized spacial score (nSPS) is 12.2. The number of hydrogen-bond donors (Lipinski definition) is 2. The number of nitrogens with one attached hydrogen (secondary N) is 1. The second-order valence-corrected chi connectivity index (χ2v) is 4.91. The Bertz CT molecular complexity index is 602. The van der Waals surface area contributed by atoms with Gasteiger partial charge in [-0.3, -0.25) is 9.89 Å². The number of hydrogen-bond acceptors (Lipinski definition) is 4. The molecule has 0 aliphatic heterocycles. The van der Waals surface area contributed by atoms with Gasteiger partial charge in [0.15, 0.2) is 5.65 Å². The molecule has 16 heavy (non-hydrogen) atoms. The summed E-state index contributed by atoms with van der Waals surface area (Å²) in [7, 11) is 0.